The Bertz CT molecular complexity index is 517. The molecular weight excluding hydrogens is 259 g/mol. The first-order valence-corrected chi connectivity index (χ1v) is 5.93. The maximum absolute atomic E-state index is 13.2. The van der Waals surface area contributed by atoms with E-state index >= 15 is 0 Å². The Morgan fingerprint density at radius 2 is 2.28 bits per heavy atom. The summed E-state index contributed by atoms with van der Waals surface area (Å²) in [5, 5.41) is 10.6. The van der Waals surface area contributed by atoms with Crippen molar-refractivity contribution in [3.8, 4) is 0 Å². The van der Waals surface area contributed by atoms with Crippen molar-refractivity contribution < 1.29 is 14.1 Å². The number of rotatable bonds is 4. The number of halogens is 1. The lowest BCUT2D eigenvalue weighted by Crippen LogP contribution is -1.99. The minimum absolute atomic E-state index is 0.0437. The van der Waals surface area contributed by atoms with Gasteiger partial charge in [-0.15, -0.1) is 0 Å². The molecule has 0 heterocycles. The molecule has 0 aliphatic carbocycles. The molecule has 1 aromatic carbocycles. The molecule has 0 radical (unpaired) electrons. The second-order valence-electron chi connectivity index (χ2n) is 3.39. The van der Waals surface area contributed by atoms with E-state index in [9.17, 15) is 19.3 Å². The monoisotopic (exact) mass is 270 g/mol. The third-order valence-corrected chi connectivity index (χ3v) is 2.80. The van der Waals surface area contributed by atoms with E-state index in [2.05, 4.69) is 0 Å². The van der Waals surface area contributed by atoms with E-state index in [4.69, 9.17) is 5.73 Å². The predicted molar refractivity (Wildman–Crippen MR) is 69.6 cm³/mol. The number of anilines is 1. The van der Waals surface area contributed by atoms with E-state index in [1.54, 1.807) is 6.08 Å². The summed E-state index contributed by atoms with van der Waals surface area (Å²) < 4.78 is 13.2. The van der Waals surface area contributed by atoms with Gasteiger partial charge in [0, 0.05) is 18.2 Å². The van der Waals surface area contributed by atoms with Crippen LogP contribution in [0.4, 0.5) is 15.8 Å². The van der Waals surface area contributed by atoms with Crippen LogP contribution in [0.25, 0.3) is 6.08 Å². The molecule has 0 aliphatic heterocycles. The Hall–Kier alpha value is -1.89. The van der Waals surface area contributed by atoms with E-state index in [1.807, 2.05) is 0 Å². The number of hydrogen-bond donors (Lipinski definition) is 1. The topological polar surface area (TPSA) is 86.2 Å². The average Bonchev–Trinajstić information content (AvgIpc) is 2.27. The Kier molecular flexibility index (Phi) is 4.85. The molecule has 0 fully saturated rings. The van der Waals surface area contributed by atoms with E-state index in [0.29, 0.717) is 5.75 Å². The number of hydrogen-bond acceptors (Lipinski definition) is 5. The lowest BCUT2D eigenvalue weighted by atomic mass is 10.1. The van der Waals surface area contributed by atoms with Gasteiger partial charge in [-0.3, -0.25) is 14.9 Å². The van der Waals surface area contributed by atoms with Crippen molar-refractivity contribution in [2.24, 2.45) is 0 Å². The van der Waals surface area contributed by atoms with E-state index < -0.39 is 16.4 Å². The van der Waals surface area contributed by atoms with Crippen molar-refractivity contribution in [1.82, 2.24) is 0 Å². The molecule has 5 nitrogen and oxygen atoms in total. The second kappa shape index (κ2) is 6.15. The molecule has 0 atom stereocenters. The number of nitrogens with zero attached hydrogens (tertiary/aromatic N) is 1. The van der Waals surface area contributed by atoms with Crippen molar-refractivity contribution in [2.75, 3.05) is 11.5 Å². The normalized spacial score (nSPS) is 10.8. The summed E-state index contributed by atoms with van der Waals surface area (Å²) in [4.78, 5) is 20.6. The highest BCUT2D eigenvalue weighted by molar-refractivity contribution is 8.13. The van der Waals surface area contributed by atoms with Gasteiger partial charge in [0.2, 0.25) is 0 Å². The summed E-state index contributed by atoms with van der Waals surface area (Å²) in [5.41, 5.74) is 5.23. The van der Waals surface area contributed by atoms with Crippen LogP contribution >= 0.6 is 11.8 Å². The van der Waals surface area contributed by atoms with Crippen LogP contribution in [0.2, 0.25) is 0 Å². The maximum atomic E-state index is 13.2. The molecule has 7 heteroatoms. The number of nitro groups is 1. The number of carbonyl (C=O) groups excluding carboxylic acids is 1. The van der Waals surface area contributed by atoms with Crippen LogP contribution in [0.15, 0.2) is 18.2 Å². The van der Waals surface area contributed by atoms with Crippen molar-refractivity contribution in [2.45, 2.75) is 6.92 Å². The molecule has 0 unspecified atom stereocenters. The first-order chi connectivity index (χ1) is 8.41. The lowest BCUT2D eigenvalue weighted by Gasteiger charge is -2.02. The Morgan fingerprint density at radius 1 is 1.61 bits per heavy atom. The van der Waals surface area contributed by atoms with E-state index in [1.165, 1.54) is 13.0 Å². The molecular formula is C11H11FN2O3S. The molecule has 0 spiro atoms. The fourth-order valence-corrected chi connectivity index (χ4v) is 1.68. The van der Waals surface area contributed by atoms with Gasteiger partial charge in [-0.05, 0) is 6.07 Å². The zero-order chi connectivity index (χ0) is 13.7. The van der Waals surface area contributed by atoms with Gasteiger partial charge < -0.3 is 5.73 Å². The van der Waals surface area contributed by atoms with Crippen molar-refractivity contribution in [3.05, 3.63) is 39.7 Å². The third-order valence-electron chi connectivity index (χ3n) is 2.03. The smallest absolute Gasteiger partial charge is 0.295 e. The first-order valence-electron chi connectivity index (χ1n) is 4.95. The van der Waals surface area contributed by atoms with Crippen molar-refractivity contribution in [3.63, 3.8) is 0 Å². The molecule has 0 aromatic heterocycles. The van der Waals surface area contributed by atoms with Crippen LogP contribution in [0.1, 0.15) is 12.5 Å². The Labute approximate surface area is 107 Å². The van der Waals surface area contributed by atoms with Gasteiger partial charge in [0.1, 0.15) is 11.5 Å². The number of nitrogen functional groups attached to an aromatic ring is 1. The van der Waals surface area contributed by atoms with Crippen LogP contribution in [0, 0.1) is 15.9 Å². The Balaban J connectivity index is 2.95. The molecule has 0 bridgehead atoms. The summed E-state index contributed by atoms with van der Waals surface area (Å²) in [5.74, 6) is -0.325. The molecule has 96 valence electrons. The first kappa shape index (κ1) is 14.2. The molecule has 1 rings (SSSR count). The minimum atomic E-state index is -0.736. The lowest BCUT2D eigenvalue weighted by molar-refractivity contribution is -0.384. The fraction of sp³-hybridized carbons (Fsp3) is 0.182. The highest BCUT2D eigenvalue weighted by Crippen LogP contribution is 2.27. The molecule has 0 saturated heterocycles. The van der Waals surface area contributed by atoms with Crippen LogP contribution in [0.3, 0.4) is 0 Å². The zero-order valence-electron chi connectivity index (χ0n) is 9.55. The molecule has 0 aliphatic rings. The number of benzene rings is 1. The van der Waals surface area contributed by atoms with Gasteiger partial charge in [0.05, 0.1) is 11.0 Å². The average molecular weight is 270 g/mol. The maximum Gasteiger partial charge on any atom is 0.295 e. The van der Waals surface area contributed by atoms with Crippen LogP contribution < -0.4 is 5.73 Å². The summed E-state index contributed by atoms with van der Waals surface area (Å²) >= 11 is 1.08. The van der Waals surface area contributed by atoms with Crippen molar-refractivity contribution >= 4 is 34.3 Å². The van der Waals surface area contributed by atoms with Gasteiger partial charge in [-0.1, -0.05) is 23.9 Å². The molecule has 0 amide bonds. The number of carbonyl (C=O) groups is 1. The number of nitro benzene ring substituents is 1. The molecule has 0 saturated carbocycles. The van der Waals surface area contributed by atoms with E-state index in [0.717, 1.165) is 23.9 Å². The largest absolute Gasteiger partial charge is 0.393 e. The highest BCUT2D eigenvalue weighted by Gasteiger charge is 2.15. The minimum Gasteiger partial charge on any atom is -0.393 e. The van der Waals surface area contributed by atoms with E-state index in [-0.39, 0.29) is 16.4 Å². The summed E-state index contributed by atoms with van der Waals surface area (Å²) in [6.45, 7) is 1.43. The van der Waals surface area contributed by atoms with Crippen LogP contribution in [0.5, 0.6) is 0 Å². The fourth-order valence-electron chi connectivity index (χ4n) is 1.25. The molecule has 1 aromatic rings. The summed E-state index contributed by atoms with van der Waals surface area (Å²) in [6, 6.07) is 1.88. The third kappa shape index (κ3) is 3.85. The van der Waals surface area contributed by atoms with Gasteiger partial charge in [-0.2, -0.15) is 0 Å². The van der Waals surface area contributed by atoms with Gasteiger partial charge in [0.25, 0.3) is 5.69 Å². The zero-order valence-corrected chi connectivity index (χ0v) is 10.4. The van der Waals surface area contributed by atoms with Crippen molar-refractivity contribution in [1.29, 1.82) is 0 Å². The standard InChI is InChI=1S/C11H11FN2O3S/c1-7(15)18-4-2-3-8-5-9(12)6-10(11(8)13)14(16)17/h2-3,5-6H,4,13H2,1H3. The number of thioether (sulfide) groups is 1. The second-order valence-corrected chi connectivity index (χ2v) is 4.59. The highest BCUT2D eigenvalue weighted by atomic mass is 32.2. The van der Waals surface area contributed by atoms with Crippen LogP contribution in [-0.2, 0) is 4.79 Å². The van der Waals surface area contributed by atoms with Crippen LogP contribution in [-0.4, -0.2) is 15.8 Å². The number of nitrogens with two attached hydrogens (primary N) is 1. The Morgan fingerprint density at radius 3 is 2.83 bits per heavy atom. The summed E-state index contributed by atoms with van der Waals surface area (Å²) in [6.07, 6.45) is 3.06. The molecule has 2 N–H and O–H groups in total. The molecule has 18 heavy (non-hydrogen) atoms. The van der Waals surface area contributed by atoms with Gasteiger partial charge in [-0.25, -0.2) is 4.39 Å². The van der Waals surface area contributed by atoms with Gasteiger partial charge in [0.15, 0.2) is 5.12 Å². The van der Waals surface area contributed by atoms with Gasteiger partial charge >= 0.3 is 0 Å². The summed E-state index contributed by atoms with van der Waals surface area (Å²) in [7, 11) is 0. The quantitative estimate of drug-likeness (QED) is 0.516. The SMILES string of the molecule is CC(=O)SCC=Cc1cc(F)cc([N+](=O)[O-])c1N. The predicted octanol–water partition coefficient (Wildman–Crippen LogP) is 2.61.